The number of benzene rings is 1. The second kappa shape index (κ2) is 8.45. The van der Waals surface area contributed by atoms with E-state index in [-0.39, 0.29) is 28.9 Å². The quantitative estimate of drug-likeness (QED) is 0.453. The Morgan fingerprint density at radius 1 is 1.09 bits per heavy atom. The molecule has 3 saturated carbocycles. The number of aliphatic hydroxyl groups is 1. The molecule has 0 spiro atoms. The summed E-state index contributed by atoms with van der Waals surface area (Å²) in [5, 5.41) is 17.7. The summed E-state index contributed by atoms with van der Waals surface area (Å²) in [6.07, 6.45) is 12.2. The summed E-state index contributed by atoms with van der Waals surface area (Å²) in [6, 6.07) is 7.81. The van der Waals surface area contributed by atoms with Crippen LogP contribution >= 0.6 is 11.6 Å². The monoisotopic (exact) mass is 494 g/mol. The van der Waals surface area contributed by atoms with Crippen molar-refractivity contribution in [2.24, 2.45) is 39.6 Å². The molecule has 0 saturated heterocycles. The third kappa shape index (κ3) is 3.57. The number of hydrazone groups is 1. The van der Waals surface area contributed by atoms with Gasteiger partial charge in [-0.25, -0.2) is 5.01 Å². The molecule has 1 aliphatic heterocycles. The first-order chi connectivity index (χ1) is 16.7. The summed E-state index contributed by atoms with van der Waals surface area (Å²) < 4.78 is 0. The van der Waals surface area contributed by atoms with Crippen LogP contribution in [0.1, 0.15) is 90.2 Å². The molecule has 6 unspecified atom stereocenters. The van der Waals surface area contributed by atoms with E-state index in [4.69, 9.17) is 16.7 Å². The van der Waals surface area contributed by atoms with E-state index in [1.165, 1.54) is 43.4 Å². The first kappa shape index (κ1) is 23.7. The van der Waals surface area contributed by atoms with Gasteiger partial charge in [0, 0.05) is 30.0 Å². The molecule has 4 aliphatic carbocycles. The Kier molecular flexibility index (Phi) is 5.73. The number of rotatable bonds is 2. The minimum Gasteiger partial charge on any atom is -0.393 e. The molecule has 1 N–H and O–H groups in total. The predicted molar refractivity (Wildman–Crippen MR) is 140 cm³/mol. The van der Waals surface area contributed by atoms with Crippen molar-refractivity contribution in [3.8, 4) is 0 Å². The molecule has 5 heteroatoms. The van der Waals surface area contributed by atoms with Gasteiger partial charge in [-0.3, -0.25) is 4.79 Å². The Balaban J connectivity index is 1.28. The maximum atomic E-state index is 12.6. The summed E-state index contributed by atoms with van der Waals surface area (Å²) in [4.78, 5) is 12.6. The third-order valence-corrected chi connectivity index (χ3v) is 11.3. The zero-order chi connectivity index (χ0) is 24.5. The third-order valence-electron chi connectivity index (χ3n) is 11.0. The predicted octanol–water partition coefficient (Wildman–Crippen LogP) is 6.93. The van der Waals surface area contributed by atoms with Crippen LogP contribution in [0.15, 0.2) is 41.0 Å². The van der Waals surface area contributed by atoms with E-state index in [2.05, 4.69) is 19.9 Å². The molecule has 8 atom stereocenters. The van der Waals surface area contributed by atoms with Crippen LogP contribution in [-0.2, 0) is 4.79 Å². The number of carbonyl (C=O) groups is 1. The van der Waals surface area contributed by atoms with Crippen LogP contribution in [-0.4, -0.2) is 27.8 Å². The van der Waals surface area contributed by atoms with E-state index < -0.39 is 0 Å². The van der Waals surface area contributed by atoms with Crippen molar-refractivity contribution >= 4 is 23.2 Å². The summed E-state index contributed by atoms with van der Waals surface area (Å²) >= 11 is 6.56. The van der Waals surface area contributed by atoms with E-state index in [9.17, 15) is 9.90 Å². The fourth-order valence-electron chi connectivity index (χ4n) is 9.21. The van der Waals surface area contributed by atoms with Crippen LogP contribution < -0.4 is 0 Å². The van der Waals surface area contributed by atoms with E-state index in [1.54, 1.807) is 11.9 Å². The first-order valence-electron chi connectivity index (χ1n) is 13.7. The molecule has 0 bridgehead atoms. The molecule has 5 aliphatic rings. The highest BCUT2D eigenvalue weighted by atomic mass is 35.5. The number of nitrogens with zero attached hydrogens (tertiary/aromatic N) is 2. The largest absolute Gasteiger partial charge is 0.393 e. The van der Waals surface area contributed by atoms with Crippen LogP contribution in [0.2, 0.25) is 5.02 Å². The number of aliphatic hydroxyl groups excluding tert-OH is 1. The van der Waals surface area contributed by atoms with Gasteiger partial charge in [-0.15, -0.1) is 0 Å². The fourth-order valence-corrected chi connectivity index (χ4v) is 9.47. The number of allylic oxidation sites excluding steroid dienone is 1. The smallest absolute Gasteiger partial charge is 0.240 e. The van der Waals surface area contributed by atoms with Crippen LogP contribution in [0, 0.1) is 34.5 Å². The second-order valence-corrected chi connectivity index (χ2v) is 12.9. The highest BCUT2D eigenvalue weighted by Gasteiger charge is 2.60. The minimum absolute atomic E-state index is 0.00862. The van der Waals surface area contributed by atoms with Gasteiger partial charge in [0.25, 0.3) is 0 Å². The van der Waals surface area contributed by atoms with Gasteiger partial charge in [0.2, 0.25) is 5.91 Å². The lowest BCUT2D eigenvalue weighted by molar-refractivity contribution is -0.130. The van der Waals surface area contributed by atoms with Crippen LogP contribution in [0.3, 0.4) is 0 Å². The molecule has 3 fully saturated rings. The van der Waals surface area contributed by atoms with Gasteiger partial charge >= 0.3 is 0 Å². The number of amides is 1. The van der Waals surface area contributed by atoms with Gasteiger partial charge in [-0.2, -0.15) is 5.10 Å². The Morgan fingerprint density at radius 3 is 2.66 bits per heavy atom. The van der Waals surface area contributed by atoms with Crippen LogP contribution in [0.4, 0.5) is 0 Å². The van der Waals surface area contributed by atoms with Crippen molar-refractivity contribution in [3.05, 3.63) is 46.5 Å². The Hall–Kier alpha value is -1.65. The lowest BCUT2D eigenvalue weighted by Gasteiger charge is -2.58. The molecule has 6 rings (SSSR count). The number of fused-ring (bicyclic) bond motifs is 5. The maximum Gasteiger partial charge on any atom is 0.240 e. The summed E-state index contributed by atoms with van der Waals surface area (Å²) in [7, 11) is 0. The molecule has 1 heterocycles. The number of hydrogen-bond donors (Lipinski definition) is 1. The van der Waals surface area contributed by atoms with Gasteiger partial charge in [0.05, 0.1) is 12.1 Å². The topological polar surface area (TPSA) is 52.9 Å². The van der Waals surface area contributed by atoms with Crippen molar-refractivity contribution in [1.29, 1.82) is 0 Å². The molecule has 1 amide bonds. The highest BCUT2D eigenvalue weighted by Crippen LogP contribution is 2.66. The average molecular weight is 495 g/mol. The lowest BCUT2D eigenvalue weighted by Crippen LogP contribution is -2.51. The average Bonchev–Trinajstić information content (AvgIpc) is 3.41. The fraction of sp³-hybridized carbons (Fsp3) is 0.667. The highest BCUT2D eigenvalue weighted by molar-refractivity contribution is 6.31. The molecular weight excluding hydrogens is 456 g/mol. The number of hydrogen-bond acceptors (Lipinski definition) is 3. The summed E-state index contributed by atoms with van der Waals surface area (Å²) in [5.41, 5.74) is 4.27. The van der Waals surface area contributed by atoms with E-state index in [1.807, 2.05) is 24.3 Å². The van der Waals surface area contributed by atoms with Gasteiger partial charge in [0.15, 0.2) is 0 Å². The zero-order valence-corrected chi connectivity index (χ0v) is 22.1. The molecule has 1 aromatic rings. The number of halogens is 1. The van der Waals surface area contributed by atoms with Gasteiger partial charge in [-0.1, -0.05) is 55.3 Å². The van der Waals surface area contributed by atoms with E-state index in [0.29, 0.717) is 16.9 Å². The standard InChI is InChI=1S/C30H39ClN2O2/c1-18(34)33-28(22-6-4-5-7-26(22)31)17-27(32-33)25-11-10-23-21-9-8-19-16-20(35)12-14-29(19,2)24(21)13-15-30(23,25)3/h4-8,20-21,23-25,28,35H,9-17H2,1-3H3/t20?,21?,23?,24?,25?,28?,29-,30-/m0/s1. The minimum atomic E-state index is -0.147. The van der Waals surface area contributed by atoms with Crippen molar-refractivity contribution in [2.45, 2.75) is 90.7 Å². The Bertz CT molecular complexity index is 1100. The van der Waals surface area contributed by atoms with Gasteiger partial charge in [-0.05, 0) is 91.6 Å². The van der Waals surface area contributed by atoms with Crippen molar-refractivity contribution in [2.75, 3.05) is 0 Å². The summed E-state index contributed by atoms with van der Waals surface area (Å²) in [6.45, 7) is 6.65. The van der Waals surface area contributed by atoms with E-state index >= 15 is 0 Å². The zero-order valence-electron chi connectivity index (χ0n) is 21.3. The SMILES string of the molecule is CC(=O)N1N=C(C2CCC3C4CC=C5CC(O)CC[C@]5(C)C4CC[C@]23C)CC1c1ccccc1Cl. The summed E-state index contributed by atoms with van der Waals surface area (Å²) in [5.74, 6) is 2.61. The number of carbonyl (C=O) groups excluding carboxylic acids is 1. The molecule has 35 heavy (non-hydrogen) atoms. The normalized spacial score (nSPS) is 42.6. The first-order valence-corrected chi connectivity index (χ1v) is 14.1. The lowest BCUT2D eigenvalue weighted by atomic mass is 9.47. The van der Waals surface area contributed by atoms with Crippen LogP contribution in [0.25, 0.3) is 0 Å². The van der Waals surface area contributed by atoms with Crippen molar-refractivity contribution in [3.63, 3.8) is 0 Å². The van der Waals surface area contributed by atoms with E-state index in [0.717, 1.165) is 43.1 Å². The Labute approximate surface area is 214 Å². The maximum absolute atomic E-state index is 12.6. The molecular formula is C30H39ClN2O2. The van der Waals surface area contributed by atoms with Gasteiger partial charge < -0.3 is 5.11 Å². The Morgan fingerprint density at radius 2 is 1.89 bits per heavy atom. The molecule has 4 nitrogen and oxygen atoms in total. The van der Waals surface area contributed by atoms with Crippen LogP contribution in [0.5, 0.6) is 0 Å². The van der Waals surface area contributed by atoms with Crippen molar-refractivity contribution < 1.29 is 9.90 Å². The van der Waals surface area contributed by atoms with Crippen molar-refractivity contribution in [1.82, 2.24) is 5.01 Å². The molecule has 188 valence electrons. The molecule has 0 aromatic heterocycles. The molecule has 0 radical (unpaired) electrons. The van der Waals surface area contributed by atoms with Gasteiger partial charge in [0.1, 0.15) is 0 Å². The second-order valence-electron chi connectivity index (χ2n) is 12.5. The molecule has 1 aromatic carbocycles.